The van der Waals surface area contributed by atoms with Gasteiger partial charge >= 0.3 is 5.97 Å². The molecule has 1 heterocycles. The molecule has 0 amide bonds. The lowest BCUT2D eigenvalue weighted by Crippen LogP contribution is -2.03. The maximum Gasteiger partial charge on any atom is 0.303 e. The van der Waals surface area contributed by atoms with Gasteiger partial charge in [0.05, 0.1) is 6.61 Å². The van der Waals surface area contributed by atoms with Gasteiger partial charge < -0.3 is 9.84 Å². The Morgan fingerprint density at radius 3 is 3.07 bits per heavy atom. The first-order chi connectivity index (χ1) is 6.70. The number of halogens is 1. The fourth-order valence-corrected chi connectivity index (χ4v) is 1.05. The number of nitrogens with zero attached hydrogens (tertiary/aromatic N) is 1. The number of hydrogen-bond donors (Lipinski definition) is 1. The van der Waals surface area contributed by atoms with E-state index in [1.807, 2.05) is 0 Å². The number of carbonyl (C=O) groups is 1. The summed E-state index contributed by atoms with van der Waals surface area (Å²) in [5, 5.41) is 8.80. The molecule has 0 saturated carbocycles. The van der Waals surface area contributed by atoms with Gasteiger partial charge in [-0.05, 0) is 18.6 Å². The molecule has 0 aromatic carbocycles. The van der Waals surface area contributed by atoms with Gasteiger partial charge in [-0.15, -0.1) is 0 Å². The van der Waals surface area contributed by atoms with Crippen LogP contribution in [0, 0.1) is 0 Å². The van der Waals surface area contributed by atoms with Crippen LogP contribution in [0.2, 0.25) is 5.02 Å². The van der Waals surface area contributed by atoms with Gasteiger partial charge in [-0.2, -0.15) is 0 Å². The van der Waals surface area contributed by atoms with Crippen molar-refractivity contribution in [1.82, 2.24) is 4.98 Å². The van der Waals surface area contributed by atoms with Gasteiger partial charge in [0.1, 0.15) is 5.02 Å². The molecule has 0 radical (unpaired) electrons. The van der Waals surface area contributed by atoms with Crippen LogP contribution in [0.5, 0.6) is 5.88 Å². The minimum Gasteiger partial charge on any atom is -0.481 e. The van der Waals surface area contributed by atoms with E-state index in [2.05, 4.69) is 4.98 Å². The number of rotatable bonds is 5. The molecule has 1 rings (SSSR count). The van der Waals surface area contributed by atoms with E-state index < -0.39 is 5.97 Å². The Morgan fingerprint density at radius 1 is 1.64 bits per heavy atom. The van der Waals surface area contributed by atoms with E-state index in [0.717, 1.165) is 0 Å². The molecule has 0 aliphatic heterocycles. The molecule has 0 aliphatic carbocycles. The van der Waals surface area contributed by atoms with Gasteiger partial charge in [0, 0.05) is 12.6 Å². The first-order valence-electron chi connectivity index (χ1n) is 4.15. The number of hydrogen-bond acceptors (Lipinski definition) is 3. The summed E-state index contributed by atoms with van der Waals surface area (Å²) in [4.78, 5) is 14.1. The third-order valence-corrected chi connectivity index (χ3v) is 1.79. The quantitative estimate of drug-likeness (QED) is 0.763. The predicted octanol–water partition coefficient (Wildman–Crippen LogP) is 1.98. The number of carboxylic acids is 1. The molecular weight excluding hydrogens is 206 g/mol. The van der Waals surface area contributed by atoms with Crippen LogP contribution in [0.25, 0.3) is 0 Å². The second-order valence-electron chi connectivity index (χ2n) is 2.64. The van der Waals surface area contributed by atoms with Gasteiger partial charge in [-0.25, -0.2) is 4.98 Å². The van der Waals surface area contributed by atoms with Crippen LogP contribution < -0.4 is 4.74 Å². The largest absolute Gasteiger partial charge is 0.481 e. The SMILES string of the molecule is O=C(O)CCCOc1ncccc1Cl. The summed E-state index contributed by atoms with van der Waals surface area (Å²) in [5.74, 6) is -0.486. The summed E-state index contributed by atoms with van der Waals surface area (Å²) in [6, 6.07) is 3.37. The first kappa shape index (κ1) is 10.8. The van der Waals surface area contributed by atoms with Crippen LogP contribution in [0.1, 0.15) is 12.8 Å². The molecule has 0 spiro atoms. The Balaban J connectivity index is 2.31. The average molecular weight is 216 g/mol. The number of ether oxygens (including phenoxy) is 1. The van der Waals surface area contributed by atoms with Crippen molar-refractivity contribution in [2.24, 2.45) is 0 Å². The van der Waals surface area contributed by atoms with Crippen LogP contribution in [0.15, 0.2) is 18.3 Å². The molecule has 1 aromatic heterocycles. The lowest BCUT2D eigenvalue weighted by Gasteiger charge is -2.04. The highest BCUT2D eigenvalue weighted by Gasteiger charge is 2.02. The Kier molecular flexibility index (Phi) is 4.19. The van der Waals surface area contributed by atoms with Crippen molar-refractivity contribution in [3.63, 3.8) is 0 Å². The number of carboxylic acid groups (broad SMARTS) is 1. The highest BCUT2D eigenvalue weighted by atomic mass is 35.5. The van der Waals surface area contributed by atoms with E-state index in [9.17, 15) is 4.79 Å². The van der Waals surface area contributed by atoms with Gasteiger partial charge in [0.25, 0.3) is 0 Å². The van der Waals surface area contributed by atoms with Crippen LogP contribution in [-0.2, 0) is 4.79 Å². The Morgan fingerprint density at radius 2 is 2.43 bits per heavy atom. The van der Waals surface area contributed by atoms with E-state index >= 15 is 0 Å². The molecule has 76 valence electrons. The highest BCUT2D eigenvalue weighted by Crippen LogP contribution is 2.19. The lowest BCUT2D eigenvalue weighted by atomic mass is 10.3. The Labute approximate surface area is 86.5 Å². The summed E-state index contributed by atoms with van der Waals surface area (Å²) in [6.45, 7) is 0.309. The van der Waals surface area contributed by atoms with Crippen molar-refractivity contribution in [1.29, 1.82) is 0 Å². The van der Waals surface area contributed by atoms with Crippen molar-refractivity contribution < 1.29 is 14.6 Å². The molecule has 0 unspecified atom stereocenters. The summed E-state index contributed by atoms with van der Waals surface area (Å²) in [5.41, 5.74) is 0. The maximum absolute atomic E-state index is 10.2. The Bertz CT molecular complexity index is 317. The lowest BCUT2D eigenvalue weighted by molar-refractivity contribution is -0.137. The molecule has 1 aromatic rings. The molecular formula is C9H10ClNO3. The first-order valence-corrected chi connectivity index (χ1v) is 4.53. The Hall–Kier alpha value is -1.29. The van der Waals surface area contributed by atoms with Gasteiger partial charge in [0.15, 0.2) is 0 Å². The zero-order chi connectivity index (χ0) is 10.4. The van der Waals surface area contributed by atoms with Crippen LogP contribution in [0.4, 0.5) is 0 Å². The number of pyridine rings is 1. The van der Waals surface area contributed by atoms with E-state index in [1.165, 1.54) is 0 Å². The minimum absolute atomic E-state index is 0.0878. The van der Waals surface area contributed by atoms with E-state index in [-0.39, 0.29) is 6.42 Å². The van der Waals surface area contributed by atoms with Gasteiger partial charge in [-0.1, -0.05) is 11.6 Å². The number of aromatic nitrogens is 1. The third-order valence-electron chi connectivity index (χ3n) is 1.50. The zero-order valence-corrected chi connectivity index (χ0v) is 8.20. The van der Waals surface area contributed by atoms with Crippen molar-refractivity contribution in [3.8, 4) is 5.88 Å². The van der Waals surface area contributed by atoms with Crippen molar-refractivity contribution in [2.45, 2.75) is 12.8 Å². The minimum atomic E-state index is -0.833. The summed E-state index contributed by atoms with van der Waals surface area (Å²) in [6.07, 6.45) is 2.10. The average Bonchev–Trinajstić information content (AvgIpc) is 2.15. The van der Waals surface area contributed by atoms with Crippen molar-refractivity contribution in [3.05, 3.63) is 23.4 Å². The van der Waals surface area contributed by atoms with Crippen LogP contribution >= 0.6 is 11.6 Å². The van der Waals surface area contributed by atoms with Gasteiger partial charge in [-0.3, -0.25) is 4.79 Å². The second kappa shape index (κ2) is 5.44. The third kappa shape index (κ3) is 3.62. The second-order valence-corrected chi connectivity index (χ2v) is 3.04. The van der Waals surface area contributed by atoms with E-state index in [0.29, 0.717) is 23.9 Å². The fourth-order valence-electron chi connectivity index (χ4n) is 0.870. The van der Waals surface area contributed by atoms with Crippen LogP contribution in [0.3, 0.4) is 0 Å². The van der Waals surface area contributed by atoms with Crippen molar-refractivity contribution >= 4 is 17.6 Å². The summed E-state index contributed by atoms with van der Waals surface area (Å²) < 4.78 is 5.18. The van der Waals surface area contributed by atoms with Crippen LogP contribution in [-0.4, -0.2) is 22.7 Å². The van der Waals surface area contributed by atoms with E-state index in [1.54, 1.807) is 18.3 Å². The summed E-state index contributed by atoms with van der Waals surface area (Å²) >= 11 is 5.76. The zero-order valence-electron chi connectivity index (χ0n) is 7.44. The molecule has 1 N–H and O–H groups in total. The highest BCUT2D eigenvalue weighted by molar-refractivity contribution is 6.31. The molecule has 4 nitrogen and oxygen atoms in total. The maximum atomic E-state index is 10.2. The number of aliphatic carboxylic acids is 1. The standard InChI is InChI=1S/C9H10ClNO3/c10-7-3-1-5-11-9(7)14-6-2-4-8(12)13/h1,3,5H,2,4,6H2,(H,12,13). The topological polar surface area (TPSA) is 59.4 Å². The molecule has 0 fully saturated rings. The molecule has 0 bridgehead atoms. The fraction of sp³-hybridized carbons (Fsp3) is 0.333. The molecule has 0 atom stereocenters. The van der Waals surface area contributed by atoms with E-state index in [4.69, 9.17) is 21.4 Å². The van der Waals surface area contributed by atoms with Crippen molar-refractivity contribution in [2.75, 3.05) is 6.61 Å². The normalized spacial score (nSPS) is 9.79. The molecule has 0 aliphatic rings. The smallest absolute Gasteiger partial charge is 0.303 e. The predicted molar refractivity (Wildman–Crippen MR) is 51.6 cm³/mol. The van der Waals surface area contributed by atoms with Gasteiger partial charge in [0.2, 0.25) is 5.88 Å². The molecule has 14 heavy (non-hydrogen) atoms. The molecule has 0 saturated heterocycles. The summed E-state index contributed by atoms with van der Waals surface area (Å²) in [7, 11) is 0. The monoisotopic (exact) mass is 215 g/mol. The molecule has 5 heteroatoms.